The van der Waals surface area contributed by atoms with Crippen LogP contribution in [0, 0.1) is 0 Å². The molecule has 11 heteroatoms. The molecule has 1 amide bonds. The molecule has 0 radical (unpaired) electrons. The molecule has 4 aromatic rings. The second-order valence-corrected chi connectivity index (χ2v) is 7.61. The van der Waals surface area contributed by atoms with Gasteiger partial charge in [0.2, 0.25) is 0 Å². The lowest BCUT2D eigenvalue weighted by molar-refractivity contribution is -0.258. The minimum atomic E-state index is -4.83. The van der Waals surface area contributed by atoms with Gasteiger partial charge in [-0.2, -0.15) is 18.3 Å². The van der Waals surface area contributed by atoms with E-state index in [-0.39, 0.29) is 11.1 Å². The van der Waals surface area contributed by atoms with Crippen molar-refractivity contribution in [2.75, 3.05) is 5.32 Å². The lowest BCUT2D eigenvalue weighted by Gasteiger charge is -2.26. The maximum atomic E-state index is 12.9. The molecule has 1 unspecified atom stereocenters. The van der Waals surface area contributed by atoms with E-state index in [0.29, 0.717) is 28.1 Å². The van der Waals surface area contributed by atoms with E-state index >= 15 is 0 Å². The molecular formula is C19H14F3N5O2S. The molecular weight excluding hydrogens is 419 g/mol. The molecule has 3 aromatic heterocycles. The van der Waals surface area contributed by atoms with Gasteiger partial charge in [-0.25, -0.2) is 9.97 Å². The molecule has 154 valence electrons. The average molecular weight is 433 g/mol. The summed E-state index contributed by atoms with van der Waals surface area (Å²) in [6.07, 6.45) is -1.49. The van der Waals surface area contributed by atoms with Crippen molar-refractivity contribution in [3.63, 3.8) is 0 Å². The largest absolute Gasteiger partial charge is 0.421 e. The maximum absolute atomic E-state index is 12.9. The summed E-state index contributed by atoms with van der Waals surface area (Å²) >= 11 is 1.17. The van der Waals surface area contributed by atoms with E-state index < -0.39 is 17.7 Å². The van der Waals surface area contributed by atoms with E-state index in [0.717, 1.165) is 17.7 Å². The lowest BCUT2D eigenvalue weighted by Crippen LogP contribution is -2.39. The number of aromatic nitrogens is 4. The number of hydrogen-bond donors (Lipinski definition) is 3. The number of rotatable bonds is 4. The number of hydrogen-bond acceptors (Lipinski definition) is 6. The van der Waals surface area contributed by atoms with Crippen LogP contribution in [0.5, 0.6) is 0 Å². The molecule has 0 saturated heterocycles. The van der Waals surface area contributed by atoms with Gasteiger partial charge in [-0.3, -0.25) is 15.2 Å². The summed E-state index contributed by atoms with van der Waals surface area (Å²) in [7, 11) is 0. The van der Waals surface area contributed by atoms with Crippen molar-refractivity contribution in [1.29, 1.82) is 0 Å². The Kier molecular flexibility index (Phi) is 4.79. The van der Waals surface area contributed by atoms with Gasteiger partial charge in [0.1, 0.15) is 10.3 Å². The Morgan fingerprint density at radius 2 is 1.87 bits per heavy atom. The standard InChI is InChI=1S/C19H14F3N5O2S/c1-18(29,19(20,21)22)12-4-2-10(3-5-12)15(28)27-17-26-14-7-6-13(25-16(14)30-17)11-8-23-24-9-11/h2-9,29H,1H3,(H,23,24)(H,26,27,28). The molecule has 0 aliphatic heterocycles. The Bertz CT molecular complexity index is 1200. The Labute approximate surface area is 171 Å². The van der Waals surface area contributed by atoms with Crippen LogP contribution in [0.15, 0.2) is 48.8 Å². The summed E-state index contributed by atoms with van der Waals surface area (Å²) in [6, 6.07) is 8.12. The zero-order valence-electron chi connectivity index (χ0n) is 15.4. The molecule has 0 saturated carbocycles. The van der Waals surface area contributed by atoms with Gasteiger partial charge in [-0.15, -0.1) is 0 Å². The van der Waals surface area contributed by atoms with Gasteiger partial charge < -0.3 is 5.11 Å². The first kappa shape index (κ1) is 20.0. The van der Waals surface area contributed by atoms with E-state index in [9.17, 15) is 23.1 Å². The molecule has 1 aromatic carbocycles. The van der Waals surface area contributed by atoms with Gasteiger partial charge in [0, 0.05) is 17.3 Å². The quantitative estimate of drug-likeness (QED) is 0.450. The zero-order chi connectivity index (χ0) is 21.5. The van der Waals surface area contributed by atoms with Crippen LogP contribution in [-0.2, 0) is 5.60 Å². The van der Waals surface area contributed by atoms with Crippen molar-refractivity contribution < 1.29 is 23.1 Å². The number of benzene rings is 1. The molecule has 4 rings (SSSR count). The monoisotopic (exact) mass is 433 g/mol. The maximum Gasteiger partial charge on any atom is 0.421 e. The number of H-pyrrole nitrogens is 1. The molecule has 0 aliphatic rings. The first-order chi connectivity index (χ1) is 14.1. The van der Waals surface area contributed by atoms with E-state index in [1.807, 2.05) is 0 Å². The molecule has 3 heterocycles. The number of nitrogens with one attached hydrogen (secondary N) is 2. The van der Waals surface area contributed by atoms with Crippen LogP contribution in [-0.4, -0.2) is 37.4 Å². The van der Waals surface area contributed by atoms with Gasteiger partial charge in [-0.1, -0.05) is 23.5 Å². The number of anilines is 1. The minimum absolute atomic E-state index is 0.128. The number of alkyl halides is 3. The normalized spacial score (nSPS) is 13.9. The first-order valence-electron chi connectivity index (χ1n) is 8.63. The highest BCUT2D eigenvalue weighted by Gasteiger charge is 2.51. The number of carbonyl (C=O) groups excluding carboxylic acids is 1. The summed E-state index contributed by atoms with van der Waals surface area (Å²) in [5.41, 5.74) is -1.13. The number of carbonyl (C=O) groups is 1. The third-order valence-electron chi connectivity index (χ3n) is 4.53. The van der Waals surface area contributed by atoms with Crippen molar-refractivity contribution >= 4 is 32.7 Å². The Hall–Kier alpha value is -3.31. The number of amides is 1. The molecule has 7 nitrogen and oxygen atoms in total. The SMILES string of the molecule is CC(O)(c1ccc(C(=O)Nc2nc3ccc(-c4cn[nH]c4)nc3s2)cc1)C(F)(F)F. The number of nitrogens with zero attached hydrogens (tertiary/aromatic N) is 3. The van der Waals surface area contributed by atoms with E-state index in [4.69, 9.17) is 0 Å². The third kappa shape index (κ3) is 3.64. The number of halogens is 3. The summed E-state index contributed by atoms with van der Waals surface area (Å²) < 4.78 is 38.8. The number of pyridine rings is 1. The Morgan fingerprint density at radius 3 is 2.50 bits per heavy atom. The minimum Gasteiger partial charge on any atom is -0.376 e. The van der Waals surface area contributed by atoms with E-state index in [1.54, 1.807) is 24.5 Å². The number of thiazole rings is 1. The van der Waals surface area contributed by atoms with Gasteiger partial charge in [0.05, 0.1) is 11.9 Å². The van der Waals surface area contributed by atoms with Crippen molar-refractivity contribution in [3.05, 3.63) is 59.9 Å². The van der Waals surface area contributed by atoms with Crippen molar-refractivity contribution in [1.82, 2.24) is 20.2 Å². The van der Waals surface area contributed by atoms with Crippen LogP contribution >= 0.6 is 11.3 Å². The van der Waals surface area contributed by atoms with Gasteiger partial charge >= 0.3 is 6.18 Å². The van der Waals surface area contributed by atoms with Crippen LogP contribution in [0.4, 0.5) is 18.3 Å². The lowest BCUT2D eigenvalue weighted by atomic mass is 9.94. The molecule has 0 aliphatic carbocycles. The average Bonchev–Trinajstić information content (AvgIpc) is 3.36. The van der Waals surface area contributed by atoms with Crippen molar-refractivity contribution in [2.24, 2.45) is 0 Å². The van der Waals surface area contributed by atoms with Crippen LogP contribution in [0.1, 0.15) is 22.8 Å². The number of fused-ring (bicyclic) bond motifs is 1. The summed E-state index contributed by atoms with van der Waals surface area (Å²) in [6.45, 7) is 0.661. The van der Waals surface area contributed by atoms with Gasteiger partial charge in [0.15, 0.2) is 10.7 Å². The number of aromatic amines is 1. The smallest absolute Gasteiger partial charge is 0.376 e. The van der Waals surface area contributed by atoms with E-state index in [2.05, 4.69) is 25.5 Å². The fourth-order valence-corrected chi connectivity index (χ4v) is 3.53. The fourth-order valence-electron chi connectivity index (χ4n) is 2.70. The number of aliphatic hydroxyl groups is 1. The van der Waals surface area contributed by atoms with Crippen LogP contribution in [0.3, 0.4) is 0 Å². The summed E-state index contributed by atoms with van der Waals surface area (Å²) in [5, 5.41) is 19.2. The highest BCUT2D eigenvalue weighted by atomic mass is 32.1. The van der Waals surface area contributed by atoms with Crippen LogP contribution < -0.4 is 5.32 Å². The topological polar surface area (TPSA) is 104 Å². The zero-order valence-corrected chi connectivity index (χ0v) is 16.2. The summed E-state index contributed by atoms with van der Waals surface area (Å²) in [5.74, 6) is -0.540. The molecule has 0 bridgehead atoms. The Balaban J connectivity index is 1.53. The predicted octanol–water partition coefficient (Wildman–Crippen LogP) is 4.10. The van der Waals surface area contributed by atoms with Crippen molar-refractivity contribution in [2.45, 2.75) is 18.7 Å². The summed E-state index contributed by atoms with van der Waals surface area (Å²) in [4.78, 5) is 21.8. The Morgan fingerprint density at radius 1 is 1.13 bits per heavy atom. The molecule has 0 spiro atoms. The first-order valence-corrected chi connectivity index (χ1v) is 9.44. The van der Waals surface area contributed by atoms with Gasteiger partial charge in [0.25, 0.3) is 5.91 Å². The van der Waals surface area contributed by atoms with Gasteiger partial charge in [-0.05, 0) is 36.8 Å². The predicted molar refractivity (Wildman–Crippen MR) is 105 cm³/mol. The molecule has 1 atom stereocenters. The van der Waals surface area contributed by atoms with Crippen molar-refractivity contribution in [3.8, 4) is 11.3 Å². The molecule has 3 N–H and O–H groups in total. The van der Waals surface area contributed by atoms with Crippen LogP contribution in [0.2, 0.25) is 0 Å². The van der Waals surface area contributed by atoms with Crippen LogP contribution in [0.25, 0.3) is 21.6 Å². The fraction of sp³-hybridized carbons (Fsp3) is 0.158. The molecule has 0 fully saturated rings. The highest BCUT2D eigenvalue weighted by molar-refractivity contribution is 7.22. The second kappa shape index (κ2) is 7.18. The van der Waals surface area contributed by atoms with E-state index in [1.165, 1.54) is 23.5 Å². The highest BCUT2D eigenvalue weighted by Crippen LogP contribution is 2.38. The molecule has 30 heavy (non-hydrogen) atoms. The third-order valence-corrected chi connectivity index (χ3v) is 5.41. The second-order valence-electron chi connectivity index (χ2n) is 6.63.